The van der Waals surface area contributed by atoms with E-state index in [1.165, 1.54) is 19.3 Å². The Bertz CT molecular complexity index is 218. The number of aliphatic carboxylic acids is 2. The standard InChI is InChI=1S/C7H16N2.C2H2O4/c1-9(2)7-5-3-4-6(7)8;3-1(4)2(5)6/h6-7H,3-5,8H2,1-2H3;(H,3,4)(H,5,6)/t6-,7-;/m0./s1. The van der Waals surface area contributed by atoms with Gasteiger partial charge in [0.15, 0.2) is 0 Å². The Morgan fingerprint density at radius 1 is 1.20 bits per heavy atom. The second-order valence-electron chi connectivity index (χ2n) is 3.74. The fourth-order valence-corrected chi connectivity index (χ4v) is 1.61. The molecular formula is C9H18N2O4. The monoisotopic (exact) mass is 218 g/mol. The lowest BCUT2D eigenvalue weighted by molar-refractivity contribution is -0.159. The number of carboxylic acids is 2. The number of hydrogen-bond donors (Lipinski definition) is 3. The number of nitrogens with two attached hydrogens (primary N) is 1. The van der Waals surface area contributed by atoms with Crippen molar-refractivity contribution in [3.63, 3.8) is 0 Å². The zero-order valence-corrected chi connectivity index (χ0v) is 9.01. The van der Waals surface area contributed by atoms with E-state index in [4.69, 9.17) is 25.5 Å². The Kier molecular flexibility index (Phi) is 5.88. The molecule has 0 unspecified atom stereocenters. The van der Waals surface area contributed by atoms with Crippen LogP contribution in [0.25, 0.3) is 0 Å². The summed E-state index contributed by atoms with van der Waals surface area (Å²) in [4.78, 5) is 20.4. The van der Waals surface area contributed by atoms with Gasteiger partial charge in [-0.2, -0.15) is 0 Å². The molecule has 0 spiro atoms. The Hall–Kier alpha value is -1.14. The predicted octanol–water partition coefficient (Wildman–Crippen LogP) is -0.417. The highest BCUT2D eigenvalue weighted by Gasteiger charge is 2.24. The maximum Gasteiger partial charge on any atom is 0.414 e. The molecule has 2 atom stereocenters. The van der Waals surface area contributed by atoms with Crippen LogP contribution in [-0.2, 0) is 9.59 Å². The first kappa shape index (κ1) is 13.9. The normalized spacial score (nSPS) is 24.5. The van der Waals surface area contributed by atoms with E-state index in [-0.39, 0.29) is 0 Å². The van der Waals surface area contributed by atoms with Crippen molar-refractivity contribution in [2.24, 2.45) is 5.73 Å². The van der Waals surface area contributed by atoms with Gasteiger partial charge in [-0.1, -0.05) is 6.42 Å². The average molecular weight is 218 g/mol. The van der Waals surface area contributed by atoms with Crippen molar-refractivity contribution < 1.29 is 19.8 Å². The molecule has 6 nitrogen and oxygen atoms in total. The summed E-state index contributed by atoms with van der Waals surface area (Å²) in [6.45, 7) is 0. The number of carboxylic acid groups (broad SMARTS) is 2. The van der Waals surface area contributed by atoms with E-state index in [1.807, 2.05) is 0 Å². The fraction of sp³-hybridized carbons (Fsp3) is 0.778. The first-order chi connectivity index (χ1) is 6.86. The SMILES string of the molecule is CN(C)[C@H]1CCC[C@@H]1N.O=C(O)C(=O)O. The maximum atomic E-state index is 9.10. The third-order valence-corrected chi connectivity index (χ3v) is 2.38. The number of carbonyl (C=O) groups is 2. The molecule has 0 amide bonds. The molecule has 0 heterocycles. The second-order valence-corrected chi connectivity index (χ2v) is 3.74. The van der Waals surface area contributed by atoms with E-state index in [0.29, 0.717) is 12.1 Å². The van der Waals surface area contributed by atoms with Crippen LogP contribution in [0, 0.1) is 0 Å². The van der Waals surface area contributed by atoms with E-state index in [9.17, 15) is 0 Å². The zero-order valence-electron chi connectivity index (χ0n) is 9.01. The molecule has 15 heavy (non-hydrogen) atoms. The summed E-state index contributed by atoms with van der Waals surface area (Å²) in [6.07, 6.45) is 3.81. The van der Waals surface area contributed by atoms with Gasteiger partial charge in [0, 0.05) is 12.1 Å². The van der Waals surface area contributed by atoms with Crippen molar-refractivity contribution in [2.45, 2.75) is 31.3 Å². The number of nitrogens with zero attached hydrogens (tertiary/aromatic N) is 1. The molecule has 0 aromatic rings. The maximum absolute atomic E-state index is 9.10. The van der Waals surface area contributed by atoms with Crippen molar-refractivity contribution in [2.75, 3.05) is 14.1 Å². The van der Waals surface area contributed by atoms with Crippen molar-refractivity contribution in [1.82, 2.24) is 4.90 Å². The average Bonchev–Trinajstić information content (AvgIpc) is 2.52. The van der Waals surface area contributed by atoms with Gasteiger partial charge in [-0.15, -0.1) is 0 Å². The summed E-state index contributed by atoms with van der Waals surface area (Å²) in [5.74, 6) is -3.65. The summed E-state index contributed by atoms with van der Waals surface area (Å²) in [7, 11) is 4.21. The van der Waals surface area contributed by atoms with Gasteiger partial charge in [0.05, 0.1) is 0 Å². The molecule has 6 heteroatoms. The van der Waals surface area contributed by atoms with Crippen LogP contribution in [0.1, 0.15) is 19.3 Å². The Morgan fingerprint density at radius 3 is 1.80 bits per heavy atom. The van der Waals surface area contributed by atoms with Crippen LogP contribution in [0.3, 0.4) is 0 Å². The highest BCUT2D eigenvalue weighted by atomic mass is 16.4. The van der Waals surface area contributed by atoms with Crippen LogP contribution in [-0.4, -0.2) is 53.2 Å². The van der Waals surface area contributed by atoms with Crippen LogP contribution >= 0.6 is 0 Å². The first-order valence-electron chi connectivity index (χ1n) is 4.74. The zero-order chi connectivity index (χ0) is 12.0. The highest BCUT2D eigenvalue weighted by molar-refractivity contribution is 6.27. The lowest BCUT2D eigenvalue weighted by Gasteiger charge is -2.22. The third-order valence-electron chi connectivity index (χ3n) is 2.38. The van der Waals surface area contributed by atoms with E-state index in [0.717, 1.165) is 0 Å². The predicted molar refractivity (Wildman–Crippen MR) is 54.6 cm³/mol. The smallest absolute Gasteiger partial charge is 0.414 e. The lowest BCUT2D eigenvalue weighted by Crippen LogP contribution is -2.39. The Labute approximate surface area is 88.7 Å². The molecule has 1 aliphatic rings. The number of rotatable bonds is 1. The molecule has 4 N–H and O–H groups in total. The van der Waals surface area contributed by atoms with Gasteiger partial charge in [0.1, 0.15) is 0 Å². The van der Waals surface area contributed by atoms with Crippen molar-refractivity contribution in [1.29, 1.82) is 0 Å². The molecule has 0 radical (unpaired) electrons. The van der Waals surface area contributed by atoms with Crippen molar-refractivity contribution in [3.05, 3.63) is 0 Å². The molecule has 0 aromatic carbocycles. The Balaban J connectivity index is 0.000000288. The molecular weight excluding hydrogens is 200 g/mol. The largest absolute Gasteiger partial charge is 0.473 e. The van der Waals surface area contributed by atoms with Gasteiger partial charge < -0.3 is 20.8 Å². The lowest BCUT2D eigenvalue weighted by atomic mass is 10.2. The molecule has 0 saturated heterocycles. The van der Waals surface area contributed by atoms with E-state index < -0.39 is 11.9 Å². The van der Waals surface area contributed by atoms with E-state index in [1.54, 1.807) is 0 Å². The van der Waals surface area contributed by atoms with E-state index >= 15 is 0 Å². The summed E-state index contributed by atoms with van der Waals surface area (Å²) in [5, 5.41) is 14.8. The fourth-order valence-electron chi connectivity index (χ4n) is 1.61. The summed E-state index contributed by atoms with van der Waals surface area (Å²) < 4.78 is 0. The minimum absolute atomic E-state index is 0.431. The first-order valence-corrected chi connectivity index (χ1v) is 4.74. The van der Waals surface area contributed by atoms with Crippen LogP contribution in [0.2, 0.25) is 0 Å². The quantitative estimate of drug-likeness (QED) is 0.516. The molecule has 1 aliphatic carbocycles. The van der Waals surface area contributed by atoms with Crippen LogP contribution < -0.4 is 5.73 Å². The minimum atomic E-state index is -1.82. The van der Waals surface area contributed by atoms with Crippen molar-refractivity contribution in [3.8, 4) is 0 Å². The second kappa shape index (κ2) is 6.36. The van der Waals surface area contributed by atoms with E-state index in [2.05, 4.69) is 19.0 Å². The van der Waals surface area contributed by atoms with Crippen LogP contribution in [0.15, 0.2) is 0 Å². The molecule has 88 valence electrons. The van der Waals surface area contributed by atoms with Gasteiger partial charge in [-0.05, 0) is 26.9 Å². The summed E-state index contributed by atoms with van der Waals surface area (Å²) in [6, 6.07) is 1.07. The van der Waals surface area contributed by atoms with Crippen LogP contribution in [0.4, 0.5) is 0 Å². The highest BCUT2D eigenvalue weighted by Crippen LogP contribution is 2.20. The Morgan fingerprint density at radius 2 is 1.67 bits per heavy atom. The molecule has 1 saturated carbocycles. The summed E-state index contributed by atoms with van der Waals surface area (Å²) in [5.41, 5.74) is 5.84. The third kappa shape index (κ3) is 5.34. The van der Waals surface area contributed by atoms with Gasteiger partial charge in [-0.25, -0.2) is 9.59 Å². The summed E-state index contributed by atoms with van der Waals surface area (Å²) >= 11 is 0. The topological polar surface area (TPSA) is 104 Å². The molecule has 0 bridgehead atoms. The van der Waals surface area contributed by atoms with Crippen LogP contribution in [0.5, 0.6) is 0 Å². The molecule has 1 rings (SSSR count). The molecule has 1 fully saturated rings. The van der Waals surface area contributed by atoms with Crippen molar-refractivity contribution >= 4 is 11.9 Å². The van der Waals surface area contributed by atoms with Gasteiger partial charge in [0.25, 0.3) is 0 Å². The number of likely N-dealkylation sites (N-methyl/N-ethyl adjacent to an activating group) is 1. The minimum Gasteiger partial charge on any atom is -0.473 e. The molecule has 0 aliphatic heterocycles. The van der Waals surface area contributed by atoms with Gasteiger partial charge in [-0.3, -0.25) is 0 Å². The van der Waals surface area contributed by atoms with Gasteiger partial charge >= 0.3 is 11.9 Å². The van der Waals surface area contributed by atoms with Gasteiger partial charge in [0.2, 0.25) is 0 Å². The number of hydrogen-bond acceptors (Lipinski definition) is 4. The molecule has 0 aromatic heterocycles.